The molecule has 1 aliphatic rings. The van der Waals surface area contributed by atoms with Gasteiger partial charge in [0.15, 0.2) is 0 Å². The average Bonchev–Trinajstić information content (AvgIpc) is 2.34. The summed E-state index contributed by atoms with van der Waals surface area (Å²) in [6.45, 7) is 2.27. The first-order valence-corrected chi connectivity index (χ1v) is 4.27. The van der Waals surface area contributed by atoms with Crippen LogP contribution in [0.4, 0.5) is 0 Å². The highest BCUT2D eigenvalue weighted by Gasteiger charge is 2.13. The van der Waals surface area contributed by atoms with Crippen LogP contribution in [-0.2, 0) is 0 Å². The van der Waals surface area contributed by atoms with E-state index in [9.17, 15) is 0 Å². The summed E-state index contributed by atoms with van der Waals surface area (Å²) < 4.78 is 0. The first-order valence-electron chi connectivity index (χ1n) is 4.27. The van der Waals surface area contributed by atoms with E-state index in [2.05, 4.69) is 6.92 Å². The lowest BCUT2D eigenvalue weighted by atomic mass is 10.0. The van der Waals surface area contributed by atoms with Crippen LogP contribution in [0.1, 0.15) is 51.9 Å². The largest absolute Gasteiger partial charge is 0.0654 e. The molecule has 1 rings (SSSR count). The van der Waals surface area contributed by atoms with E-state index in [1.54, 1.807) is 0 Å². The molecule has 0 amide bonds. The Morgan fingerprint density at radius 2 is 1.89 bits per heavy atom. The molecule has 0 heterocycles. The molecule has 0 saturated heterocycles. The molecule has 1 saturated carbocycles. The van der Waals surface area contributed by atoms with Gasteiger partial charge in [-0.1, -0.05) is 32.6 Å². The predicted molar refractivity (Wildman–Crippen MR) is 41.2 cm³/mol. The number of hydrogen-bond donors (Lipinski definition) is 0. The maximum absolute atomic E-state index is 2.27. The Balaban J connectivity index is 1.98. The highest BCUT2D eigenvalue weighted by Crippen LogP contribution is 2.30. The third kappa shape index (κ3) is 2.38. The molecule has 53 valence electrons. The predicted octanol–water partition coefficient (Wildman–Crippen LogP) is 3.33. The zero-order valence-corrected chi connectivity index (χ0v) is 6.45. The summed E-state index contributed by atoms with van der Waals surface area (Å²) in [5.41, 5.74) is 0. The fraction of sp³-hybridized carbons (Fsp3) is 0.889. The van der Waals surface area contributed by atoms with Gasteiger partial charge >= 0.3 is 0 Å². The Morgan fingerprint density at radius 3 is 2.44 bits per heavy atom. The third-order valence-electron chi connectivity index (χ3n) is 2.19. The van der Waals surface area contributed by atoms with Gasteiger partial charge < -0.3 is 0 Å². The van der Waals surface area contributed by atoms with E-state index in [1.165, 1.54) is 44.9 Å². The van der Waals surface area contributed by atoms with E-state index < -0.39 is 0 Å². The molecule has 0 spiro atoms. The third-order valence-corrected chi connectivity index (χ3v) is 2.19. The number of rotatable bonds is 3. The maximum atomic E-state index is 2.27. The highest BCUT2D eigenvalue weighted by atomic mass is 14.2. The first-order chi connectivity index (χ1) is 4.43. The Hall–Kier alpha value is 0. The van der Waals surface area contributed by atoms with Crippen molar-refractivity contribution < 1.29 is 0 Å². The molecule has 0 heteroatoms. The van der Waals surface area contributed by atoms with Crippen LogP contribution in [-0.4, -0.2) is 0 Å². The Kier molecular flexibility index (Phi) is 3.10. The van der Waals surface area contributed by atoms with Gasteiger partial charge in [0.1, 0.15) is 0 Å². The van der Waals surface area contributed by atoms with E-state index in [0.29, 0.717) is 0 Å². The van der Waals surface area contributed by atoms with E-state index in [4.69, 9.17) is 0 Å². The van der Waals surface area contributed by atoms with E-state index in [1.807, 2.05) is 5.92 Å². The van der Waals surface area contributed by atoms with Gasteiger partial charge in [0, 0.05) is 0 Å². The standard InChI is InChI=1S/C9H17/c1-2-3-6-9-7-4-5-8-9/h2-8H2,1H3. The molecule has 0 atom stereocenters. The van der Waals surface area contributed by atoms with Crippen molar-refractivity contribution in [1.29, 1.82) is 0 Å². The highest BCUT2D eigenvalue weighted by molar-refractivity contribution is 4.93. The molecule has 0 nitrogen and oxygen atoms in total. The Bertz CT molecular complexity index is 60.4. The fourth-order valence-electron chi connectivity index (χ4n) is 1.55. The minimum Gasteiger partial charge on any atom is -0.0654 e. The topological polar surface area (TPSA) is 0 Å². The van der Waals surface area contributed by atoms with Gasteiger partial charge in [0.2, 0.25) is 0 Å². The molecule has 0 aromatic heterocycles. The van der Waals surface area contributed by atoms with Crippen molar-refractivity contribution in [3.63, 3.8) is 0 Å². The smallest absolute Gasteiger partial charge is 0.0241 e. The van der Waals surface area contributed by atoms with Crippen molar-refractivity contribution in [2.45, 2.75) is 51.9 Å². The van der Waals surface area contributed by atoms with Crippen molar-refractivity contribution in [3.05, 3.63) is 5.92 Å². The second-order valence-electron chi connectivity index (χ2n) is 3.06. The molecule has 1 aliphatic carbocycles. The van der Waals surface area contributed by atoms with Crippen LogP contribution >= 0.6 is 0 Å². The molecule has 0 aliphatic heterocycles. The second kappa shape index (κ2) is 3.92. The van der Waals surface area contributed by atoms with Crippen molar-refractivity contribution in [3.8, 4) is 0 Å². The monoisotopic (exact) mass is 125 g/mol. The minimum absolute atomic E-state index is 1.36. The minimum atomic E-state index is 1.36. The van der Waals surface area contributed by atoms with Crippen molar-refractivity contribution in [2.24, 2.45) is 0 Å². The first kappa shape index (κ1) is 7.11. The van der Waals surface area contributed by atoms with Crippen LogP contribution in [0.15, 0.2) is 0 Å². The Labute approximate surface area is 58.7 Å². The van der Waals surface area contributed by atoms with Crippen LogP contribution < -0.4 is 0 Å². The SMILES string of the molecule is CCCC[C]1CCCC1. The van der Waals surface area contributed by atoms with Gasteiger partial charge in [-0.05, 0) is 25.2 Å². The van der Waals surface area contributed by atoms with E-state index in [-0.39, 0.29) is 0 Å². The fourth-order valence-corrected chi connectivity index (χ4v) is 1.55. The zero-order valence-electron chi connectivity index (χ0n) is 6.45. The number of hydrogen-bond acceptors (Lipinski definition) is 0. The summed E-state index contributed by atoms with van der Waals surface area (Å²) >= 11 is 0. The average molecular weight is 125 g/mol. The summed E-state index contributed by atoms with van der Waals surface area (Å²) in [6, 6.07) is 0. The van der Waals surface area contributed by atoms with Gasteiger partial charge in [-0.2, -0.15) is 0 Å². The van der Waals surface area contributed by atoms with Gasteiger partial charge in [0.05, 0.1) is 0 Å². The summed E-state index contributed by atoms with van der Waals surface area (Å²) in [4.78, 5) is 0. The normalized spacial score (nSPS) is 21.0. The van der Waals surface area contributed by atoms with Gasteiger partial charge in [-0.25, -0.2) is 0 Å². The van der Waals surface area contributed by atoms with Crippen LogP contribution in [0.2, 0.25) is 0 Å². The van der Waals surface area contributed by atoms with E-state index in [0.717, 1.165) is 0 Å². The summed E-state index contributed by atoms with van der Waals surface area (Å²) in [6.07, 6.45) is 10.0. The lowest BCUT2D eigenvalue weighted by Gasteiger charge is -2.04. The molecule has 0 bridgehead atoms. The summed E-state index contributed by atoms with van der Waals surface area (Å²) in [5, 5.41) is 0. The lowest BCUT2D eigenvalue weighted by Crippen LogP contribution is -1.88. The van der Waals surface area contributed by atoms with Gasteiger partial charge in [0.25, 0.3) is 0 Å². The second-order valence-corrected chi connectivity index (χ2v) is 3.06. The molecule has 0 N–H and O–H groups in total. The lowest BCUT2D eigenvalue weighted by molar-refractivity contribution is 0.688. The van der Waals surface area contributed by atoms with Crippen LogP contribution in [0.3, 0.4) is 0 Å². The molecule has 0 unspecified atom stereocenters. The van der Waals surface area contributed by atoms with Crippen LogP contribution in [0, 0.1) is 5.92 Å². The van der Waals surface area contributed by atoms with Crippen molar-refractivity contribution >= 4 is 0 Å². The van der Waals surface area contributed by atoms with Crippen molar-refractivity contribution in [2.75, 3.05) is 0 Å². The van der Waals surface area contributed by atoms with Crippen molar-refractivity contribution in [1.82, 2.24) is 0 Å². The molecule has 9 heavy (non-hydrogen) atoms. The summed E-state index contributed by atoms with van der Waals surface area (Å²) in [7, 11) is 0. The van der Waals surface area contributed by atoms with Gasteiger partial charge in [-0.3, -0.25) is 0 Å². The zero-order chi connectivity index (χ0) is 6.53. The quantitative estimate of drug-likeness (QED) is 0.542. The molecular formula is C9H17. The van der Waals surface area contributed by atoms with E-state index >= 15 is 0 Å². The molecule has 1 radical (unpaired) electrons. The molecule has 1 fully saturated rings. The molecular weight excluding hydrogens is 108 g/mol. The molecule has 0 aromatic carbocycles. The molecule has 0 aromatic rings. The van der Waals surface area contributed by atoms with Crippen LogP contribution in [0.5, 0.6) is 0 Å². The van der Waals surface area contributed by atoms with Gasteiger partial charge in [-0.15, -0.1) is 0 Å². The van der Waals surface area contributed by atoms with Crippen LogP contribution in [0.25, 0.3) is 0 Å². The number of unbranched alkanes of at least 4 members (excludes halogenated alkanes) is 1. The Morgan fingerprint density at radius 1 is 1.22 bits per heavy atom. The maximum Gasteiger partial charge on any atom is -0.0241 e. The summed E-state index contributed by atoms with van der Waals surface area (Å²) in [5.74, 6) is 1.84.